The van der Waals surface area contributed by atoms with Crippen LogP contribution >= 0.6 is 7.26 Å². The molecule has 0 aliphatic carbocycles. The number of aryl methyl sites for hydroxylation is 2. The Balaban J connectivity index is 0.00000361. The monoisotopic (exact) mass is 573 g/mol. The minimum Gasteiger partial charge on any atom is -0.322 e. The number of carbonyl (C=O) groups excluding carboxylic acids is 1. The molecular formula is C31H32FNOPY+. The first-order chi connectivity index (χ1) is 17.0. The van der Waals surface area contributed by atoms with Gasteiger partial charge in [-0.05, 0) is 79.9 Å². The number of rotatable bonds is 8. The van der Waals surface area contributed by atoms with E-state index in [2.05, 4.69) is 85.0 Å². The molecule has 0 spiro atoms. The van der Waals surface area contributed by atoms with E-state index in [1.54, 1.807) is 0 Å². The molecule has 0 aliphatic heterocycles. The van der Waals surface area contributed by atoms with Gasteiger partial charge in [0.2, 0.25) is 0 Å². The molecule has 0 saturated heterocycles. The Morgan fingerprint density at radius 1 is 0.778 bits per heavy atom. The molecule has 0 fully saturated rings. The van der Waals surface area contributed by atoms with Crippen molar-refractivity contribution in [3.63, 3.8) is 0 Å². The fraction of sp³-hybridized carbons (Fsp3) is 0.194. The number of hydrogen-bond donors (Lipinski definition) is 1. The molecule has 1 N–H and O–H groups in total. The third-order valence-electron chi connectivity index (χ3n) is 6.57. The number of nitrogens with one attached hydrogen (secondary N) is 1. The van der Waals surface area contributed by atoms with Gasteiger partial charge < -0.3 is 5.32 Å². The smallest absolute Gasteiger partial charge is 0.266 e. The van der Waals surface area contributed by atoms with Crippen molar-refractivity contribution in [2.45, 2.75) is 39.3 Å². The summed E-state index contributed by atoms with van der Waals surface area (Å²) in [5, 5.41) is 6.76. The molecule has 1 radical (unpaired) electrons. The molecule has 4 aromatic carbocycles. The van der Waals surface area contributed by atoms with Crippen molar-refractivity contribution in [2.24, 2.45) is 0 Å². The van der Waals surface area contributed by atoms with Gasteiger partial charge in [0, 0.05) is 38.4 Å². The number of hydrogen-bond acceptors (Lipinski definition) is 1. The molecule has 0 bridgehead atoms. The maximum Gasteiger partial charge on any atom is 0.266 e. The van der Waals surface area contributed by atoms with E-state index in [0.29, 0.717) is 5.69 Å². The van der Waals surface area contributed by atoms with Crippen LogP contribution in [0.4, 0.5) is 10.1 Å². The molecule has 1 unspecified atom stereocenters. The summed E-state index contributed by atoms with van der Waals surface area (Å²) < 4.78 is 14.0. The van der Waals surface area contributed by atoms with Crippen LogP contribution in [0.1, 0.15) is 30.9 Å². The topological polar surface area (TPSA) is 29.1 Å². The van der Waals surface area contributed by atoms with E-state index in [9.17, 15) is 9.18 Å². The largest absolute Gasteiger partial charge is 0.322 e. The Bertz CT molecular complexity index is 1160. The summed E-state index contributed by atoms with van der Waals surface area (Å²) in [4.78, 5) is 14.3. The van der Waals surface area contributed by atoms with E-state index in [0.717, 1.165) is 24.0 Å². The van der Waals surface area contributed by atoms with E-state index < -0.39 is 7.26 Å². The van der Waals surface area contributed by atoms with E-state index >= 15 is 0 Å². The first-order valence-electron chi connectivity index (χ1n) is 12.1. The molecule has 5 heteroatoms. The second kappa shape index (κ2) is 12.9. The summed E-state index contributed by atoms with van der Waals surface area (Å²) in [6.07, 6.45) is 1.60. The summed E-state index contributed by atoms with van der Waals surface area (Å²) in [6, 6.07) is 34.4. The Morgan fingerprint density at radius 2 is 1.17 bits per heavy atom. The zero-order valence-corrected chi connectivity index (χ0v) is 24.9. The number of halogens is 1. The van der Waals surface area contributed by atoms with Crippen LogP contribution in [0, 0.1) is 19.7 Å². The average Bonchev–Trinajstić information content (AvgIpc) is 2.88. The molecular weight excluding hydrogens is 541 g/mol. The fourth-order valence-electron chi connectivity index (χ4n) is 5.06. The molecule has 2 nitrogen and oxygen atoms in total. The molecule has 1 atom stereocenters. The Morgan fingerprint density at radius 3 is 1.53 bits per heavy atom. The van der Waals surface area contributed by atoms with Crippen molar-refractivity contribution < 1.29 is 41.9 Å². The second-order valence-electron chi connectivity index (χ2n) is 8.94. The van der Waals surface area contributed by atoms with Gasteiger partial charge in [0.05, 0.1) is 0 Å². The van der Waals surface area contributed by atoms with Gasteiger partial charge >= 0.3 is 0 Å². The van der Waals surface area contributed by atoms with Crippen LogP contribution in [-0.4, -0.2) is 11.6 Å². The zero-order chi connectivity index (χ0) is 24.8. The van der Waals surface area contributed by atoms with Crippen LogP contribution in [0.15, 0.2) is 103 Å². The molecule has 0 saturated carbocycles. The summed E-state index contributed by atoms with van der Waals surface area (Å²) in [5.41, 5.74) is 1.87. The van der Waals surface area contributed by atoms with Crippen LogP contribution in [0.2, 0.25) is 0 Å². The van der Waals surface area contributed by atoms with Crippen molar-refractivity contribution in [2.75, 3.05) is 5.32 Å². The van der Waals surface area contributed by atoms with Crippen LogP contribution in [-0.2, 0) is 37.5 Å². The van der Waals surface area contributed by atoms with Crippen molar-refractivity contribution in [1.29, 1.82) is 0 Å². The minimum absolute atomic E-state index is 0. The molecule has 0 heterocycles. The van der Waals surface area contributed by atoms with Crippen LogP contribution in [0.5, 0.6) is 0 Å². The number of anilines is 1. The van der Waals surface area contributed by atoms with Crippen LogP contribution in [0.25, 0.3) is 0 Å². The predicted molar refractivity (Wildman–Crippen MR) is 148 cm³/mol. The standard InChI is InChI=1S/C31H31FNOP.Y/c1-4-14-29(31(34)33-30-23(2)21-25(32)22-24(30)3)35(26-15-8-5-9-16-26,27-17-10-6-11-18-27)28-19-12-7-13-20-28;/h5-13,15-22,29H,4,14H2,1-3H3;/p+1. The predicted octanol–water partition coefficient (Wildman–Crippen LogP) is 6.54. The summed E-state index contributed by atoms with van der Waals surface area (Å²) >= 11 is 0. The Kier molecular flexibility index (Phi) is 10.1. The van der Waals surface area contributed by atoms with Gasteiger partial charge in [-0.15, -0.1) is 0 Å². The molecule has 1 amide bonds. The van der Waals surface area contributed by atoms with Gasteiger partial charge in [-0.25, -0.2) is 4.39 Å². The second-order valence-corrected chi connectivity index (χ2v) is 12.6. The molecule has 0 aromatic heterocycles. The quantitative estimate of drug-likeness (QED) is 0.239. The van der Waals surface area contributed by atoms with Gasteiger partial charge in [0.15, 0.2) is 5.66 Å². The van der Waals surface area contributed by atoms with Gasteiger partial charge in [0.25, 0.3) is 5.91 Å². The van der Waals surface area contributed by atoms with E-state index in [1.165, 1.54) is 28.0 Å². The fourth-order valence-corrected chi connectivity index (χ4v) is 10.0. The summed E-state index contributed by atoms with van der Waals surface area (Å²) in [6.45, 7) is 5.81. The number of benzene rings is 4. The van der Waals surface area contributed by atoms with Crippen molar-refractivity contribution in [1.82, 2.24) is 0 Å². The van der Waals surface area contributed by atoms with E-state index in [1.807, 2.05) is 32.0 Å². The third kappa shape index (κ3) is 5.70. The van der Waals surface area contributed by atoms with Crippen LogP contribution < -0.4 is 21.2 Å². The normalized spacial score (nSPS) is 11.9. The van der Waals surface area contributed by atoms with E-state index in [-0.39, 0.29) is 50.1 Å². The van der Waals surface area contributed by atoms with Gasteiger partial charge in [0.1, 0.15) is 29.0 Å². The minimum atomic E-state index is -2.40. The van der Waals surface area contributed by atoms with Crippen molar-refractivity contribution >= 4 is 34.8 Å². The molecule has 36 heavy (non-hydrogen) atoms. The van der Waals surface area contributed by atoms with Crippen molar-refractivity contribution in [3.8, 4) is 0 Å². The Hall–Kier alpha value is -2.19. The van der Waals surface area contributed by atoms with Gasteiger partial charge in [-0.2, -0.15) is 0 Å². The van der Waals surface area contributed by atoms with Gasteiger partial charge in [-0.1, -0.05) is 67.9 Å². The first-order valence-corrected chi connectivity index (χ1v) is 14.0. The van der Waals surface area contributed by atoms with Crippen LogP contribution in [0.3, 0.4) is 0 Å². The summed E-state index contributed by atoms with van der Waals surface area (Å²) in [7, 11) is -2.40. The molecule has 4 aromatic rings. The summed E-state index contributed by atoms with van der Waals surface area (Å²) in [5.74, 6) is -0.308. The first kappa shape index (κ1) is 28.4. The molecule has 0 aliphatic rings. The number of carbonyl (C=O) groups is 1. The SMILES string of the molecule is CCCC(C(=O)Nc1c(C)cc(F)cc1C)[P+](c1ccccc1)(c1ccccc1)c1ccccc1.[Y]. The Labute approximate surface area is 240 Å². The maximum absolute atomic E-state index is 14.3. The molecule has 4 rings (SSSR count). The zero-order valence-electron chi connectivity index (χ0n) is 21.1. The van der Waals surface area contributed by atoms with E-state index in [4.69, 9.17) is 0 Å². The average molecular weight is 573 g/mol. The molecule has 181 valence electrons. The third-order valence-corrected chi connectivity index (χ3v) is 11.3. The van der Waals surface area contributed by atoms with Crippen molar-refractivity contribution in [3.05, 3.63) is 120 Å². The maximum atomic E-state index is 14.3. The van der Waals surface area contributed by atoms with Gasteiger partial charge in [-0.3, -0.25) is 4.79 Å². The number of amides is 1.